The number of hydrogen-bond donors (Lipinski definition) is 2. The SMILES string of the molecule is CCOc1ccc([C@@]2(C)Cn3nc(-c4ccc(F)c(F)c4)c(NC(=O)CS(C)(=O)=O)c3C(=O)N2)c(CC)c1. The maximum absolute atomic E-state index is 14.1. The third-order valence-electron chi connectivity index (χ3n) is 6.24. The number of nitrogens with one attached hydrogen (secondary N) is 2. The average molecular weight is 547 g/mol. The van der Waals surface area contributed by atoms with Crippen LogP contribution in [0.25, 0.3) is 11.3 Å². The molecule has 38 heavy (non-hydrogen) atoms. The third-order valence-corrected chi connectivity index (χ3v) is 7.02. The maximum Gasteiger partial charge on any atom is 0.272 e. The predicted octanol–water partition coefficient (Wildman–Crippen LogP) is 3.43. The first-order valence-corrected chi connectivity index (χ1v) is 14.0. The Morgan fingerprint density at radius 3 is 2.55 bits per heavy atom. The number of halogens is 2. The number of anilines is 1. The summed E-state index contributed by atoms with van der Waals surface area (Å²) in [5.74, 6) is -3.82. The molecule has 0 unspecified atom stereocenters. The monoisotopic (exact) mass is 546 g/mol. The first-order valence-electron chi connectivity index (χ1n) is 12.0. The quantitative estimate of drug-likeness (QED) is 0.447. The van der Waals surface area contributed by atoms with E-state index in [4.69, 9.17) is 4.74 Å². The van der Waals surface area contributed by atoms with Gasteiger partial charge in [-0.25, -0.2) is 17.2 Å². The molecule has 0 saturated heterocycles. The van der Waals surface area contributed by atoms with Gasteiger partial charge in [0.05, 0.1) is 18.7 Å². The fourth-order valence-electron chi connectivity index (χ4n) is 4.64. The lowest BCUT2D eigenvalue weighted by molar-refractivity contribution is -0.113. The van der Waals surface area contributed by atoms with Crippen molar-refractivity contribution in [2.24, 2.45) is 0 Å². The summed E-state index contributed by atoms with van der Waals surface area (Å²) >= 11 is 0. The number of ether oxygens (including phenoxy) is 1. The van der Waals surface area contributed by atoms with Crippen molar-refractivity contribution in [2.75, 3.05) is 23.9 Å². The molecular formula is C26H28F2N4O5S. The van der Waals surface area contributed by atoms with Crippen LogP contribution in [0.1, 0.15) is 42.4 Å². The molecule has 2 N–H and O–H groups in total. The van der Waals surface area contributed by atoms with Crippen LogP contribution in [0.4, 0.5) is 14.5 Å². The minimum atomic E-state index is -3.68. The molecule has 2 aromatic carbocycles. The highest BCUT2D eigenvalue weighted by Crippen LogP contribution is 2.38. The molecule has 1 aliphatic rings. The van der Waals surface area contributed by atoms with Gasteiger partial charge in [-0.3, -0.25) is 14.3 Å². The number of amides is 2. The van der Waals surface area contributed by atoms with E-state index in [1.807, 2.05) is 39.0 Å². The smallest absolute Gasteiger partial charge is 0.272 e. The van der Waals surface area contributed by atoms with E-state index in [0.29, 0.717) is 18.8 Å². The van der Waals surface area contributed by atoms with E-state index in [0.717, 1.165) is 29.5 Å². The maximum atomic E-state index is 14.1. The van der Waals surface area contributed by atoms with Crippen LogP contribution in [0.2, 0.25) is 0 Å². The molecule has 1 aromatic heterocycles. The summed E-state index contributed by atoms with van der Waals surface area (Å²) < 4.78 is 58.1. The van der Waals surface area contributed by atoms with Crippen LogP contribution in [0.15, 0.2) is 36.4 Å². The van der Waals surface area contributed by atoms with Crippen molar-refractivity contribution >= 4 is 27.3 Å². The van der Waals surface area contributed by atoms with Gasteiger partial charge < -0.3 is 15.4 Å². The van der Waals surface area contributed by atoms with Gasteiger partial charge in [0.15, 0.2) is 27.2 Å². The number of rotatable bonds is 8. The van der Waals surface area contributed by atoms with Gasteiger partial charge in [0, 0.05) is 11.8 Å². The fourth-order valence-corrected chi connectivity index (χ4v) is 5.19. The van der Waals surface area contributed by atoms with Crippen LogP contribution in [0.5, 0.6) is 5.75 Å². The van der Waals surface area contributed by atoms with Gasteiger partial charge in [-0.15, -0.1) is 0 Å². The molecule has 3 aromatic rings. The number of aromatic nitrogens is 2. The Labute approximate surface area is 219 Å². The molecule has 202 valence electrons. The molecule has 0 fully saturated rings. The Hall–Kier alpha value is -3.80. The highest BCUT2D eigenvalue weighted by molar-refractivity contribution is 7.91. The van der Waals surface area contributed by atoms with Crippen molar-refractivity contribution in [2.45, 2.75) is 39.3 Å². The molecule has 0 bridgehead atoms. The summed E-state index contributed by atoms with van der Waals surface area (Å²) in [6, 6.07) is 8.68. The zero-order valence-corrected chi connectivity index (χ0v) is 22.2. The molecule has 0 saturated carbocycles. The number of hydrogen-bond acceptors (Lipinski definition) is 6. The highest BCUT2D eigenvalue weighted by atomic mass is 32.2. The molecular weight excluding hydrogens is 518 g/mol. The summed E-state index contributed by atoms with van der Waals surface area (Å²) in [4.78, 5) is 26.0. The van der Waals surface area contributed by atoms with Gasteiger partial charge in [-0.05, 0) is 61.7 Å². The van der Waals surface area contributed by atoms with E-state index in [9.17, 15) is 26.8 Å². The van der Waals surface area contributed by atoms with Crippen LogP contribution in [0.3, 0.4) is 0 Å². The van der Waals surface area contributed by atoms with Gasteiger partial charge in [-0.2, -0.15) is 5.10 Å². The van der Waals surface area contributed by atoms with E-state index in [1.54, 1.807) is 0 Å². The van der Waals surface area contributed by atoms with Crippen molar-refractivity contribution in [3.8, 4) is 17.0 Å². The minimum absolute atomic E-state index is 0.00237. The summed E-state index contributed by atoms with van der Waals surface area (Å²) in [6.45, 7) is 6.36. The van der Waals surface area contributed by atoms with Crippen molar-refractivity contribution in [1.29, 1.82) is 0 Å². The molecule has 0 radical (unpaired) electrons. The number of sulfone groups is 1. The standard InChI is InChI=1S/C26H28F2N4O5S/c1-5-15-11-17(37-6-2)8-9-18(15)26(3)14-32-24(25(34)30-26)23(29-21(33)13-38(4,35)36)22(31-32)16-7-10-19(27)20(28)12-16/h7-12H,5-6,13-14H2,1-4H3,(H,29,33)(H,30,34)/t26-/m1/s1. The van der Waals surface area contributed by atoms with Crippen molar-refractivity contribution < 1.29 is 31.5 Å². The first kappa shape index (κ1) is 27.2. The third kappa shape index (κ3) is 5.40. The Morgan fingerprint density at radius 2 is 1.92 bits per heavy atom. The van der Waals surface area contributed by atoms with E-state index >= 15 is 0 Å². The molecule has 1 aliphatic heterocycles. The lowest BCUT2D eigenvalue weighted by Crippen LogP contribution is -2.52. The van der Waals surface area contributed by atoms with Gasteiger partial charge in [0.1, 0.15) is 22.9 Å². The van der Waals surface area contributed by atoms with Gasteiger partial charge in [-0.1, -0.05) is 13.0 Å². The molecule has 12 heteroatoms. The molecule has 1 atom stereocenters. The zero-order valence-electron chi connectivity index (χ0n) is 21.4. The minimum Gasteiger partial charge on any atom is -0.494 e. The molecule has 2 heterocycles. The van der Waals surface area contributed by atoms with Crippen molar-refractivity contribution in [3.63, 3.8) is 0 Å². The Morgan fingerprint density at radius 1 is 1.18 bits per heavy atom. The van der Waals surface area contributed by atoms with Crippen LogP contribution in [-0.2, 0) is 33.1 Å². The second-order valence-electron chi connectivity index (χ2n) is 9.37. The molecule has 4 rings (SSSR count). The molecule has 0 spiro atoms. The van der Waals surface area contributed by atoms with E-state index in [1.165, 1.54) is 10.7 Å². The highest BCUT2D eigenvalue weighted by Gasteiger charge is 2.40. The normalized spacial score (nSPS) is 17.1. The topological polar surface area (TPSA) is 119 Å². The number of carbonyl (C=O) groups excluding carboxylic acids is 2. The molecule has 2 amide bonds. The Kier molecular flexibility index (Phi) is 7.29. The van der Waals surface area contributed by atoms with Crippen LogP contribution in [0, 0.1) is 11.6 Å². The number of nitrogens with zero attached hydrogens (tertiary/aromatic N) is 2. The largest absolute Gasteiger partial charge is 0.494 e. The van der Waals surface area contributed by atoms with Gasteiger partial charge >= 0.3 is 0 Å². The van der Waals surface area contributed by atoms with Crippen molar-refractivity contribution in [1.82, 2.24) is 15.1 Å². The predicted molar refractivity (Wildman–Crippen MR) is 138 cm³/mol. The number of fused-ring (bicyclic) bond motifs is 1. The second kappa shape index (κ2) is 10.2. The number of benzene rings is 2. The summed E-state index contributed by atoms with van der Waals surface area (Å²) in [7, 11) is -3.68. The van der Waals surface area contributed by atoms with E-state index in [2.05, 4.69) is 15.7 Å². The van der Waals surface area contributed by atoms with Crippen LogP contribution < -0.4 is 15.4 Å². The lowest BCUT2D eigenvalue weighted by Gasteiger charge is -2.37. The summed E-state index contributed by atoms with van der Waals surface area (Å²) in [6.07, 6.45) is 1.57. The number of carbonyl (C=O) groups is 2. The molecule has 0 aliphatic carbocycles. The van der Waals surface area contributed by atoms with Gasteiger partial charge in [0.2, 0.25) is 5.91 Å². The second-order valence-corrected chi connectivity index (χ2v) is 11.5. The number of aryl methyl sites for hydroxylation is 1. The summed E-state index contributed by atoms with van der Waals surface area (Å²) in [5.41, 5.74) is 0.866. The average Bonchev–Trinajstić information content (AvgIpc) is 3.17. The summed E-state index contributed by atoms with van der Waals surface area (Å²) in [5, 5.41) is 9.94. The Balaban J connectivity index is 1.83. The molecule has 9 nitrogen and oxygen atoms in total. The van der Waals surface area contributed by atoms with E-state index in [-0.39, 0.29) is 29.2 Å². The van der Waals surface area contributed by atoms with Gasteiger partial charge in [0.25, 0.3) is 5.91 Å². The van der Waals surface area contributed by atoms with Crippen LogP contribution >= 0.6 is 0 Å². The fraction of sp³-hybridized carbons (Fsp3) is 0.346. The van der Waals surface area contributed by atoms with Crippen molar-refractivity contribution in [3.05, 3.63) is 64.9 Å². The van der Waals surface area contributed by atoms with Crippen LogP contribution in [-0.4, -0.2) is 48.6 Å². The zero-order chi connectivity index (χ0) is 27.8. The lowest BCUT2D eigenvalue weighted by atomic mass is 9.85. The first-order chi connectivity index (χ1) is 17.8. The Bertz CT molecular complexity index is 1540. The van der Waals surface area contributed by atoms with E-state index < -0.39 is 44.6 Å².